The summed E-state index contributed by atoms with van der Waals surface area (Å²) in [5.74, 6) is -0.313. The van der Waals surface area contributed by atoms with Crippen molar-refractivity contribution in [3.63, 3.8) is 0 Å². The molecule has 214 valence electrons. The number of aryl methyl sites for hydroxylation is 1. The summed E-state index contributed by atoms with van der Waals surface area (Å²) in [4.78, 5) is 45.7. The highest BCUT2D eigenvalue weighted by Gasteiger charge is 2.35. The van der Waals surface area contributed by atoms with Crippen molar-refractivity contribution in [3.05, 3.63) is 87.8 Å². The Hall–Kier alpha value is -4.11. The zero-order chi connectivity index (χ0) is 28.9. The standard InChI is InChI=1S/C31H34ClN5O4/c1-2-3-7-16-36-27(19-28(38)37-20-25(34-31(36)37)22-12-14-23(32)15-13-22)35-17-8-11-26(35)29(39)33-24(30(40)41)18-21-9-5-4-6-10-21/h4-6,9-10,12-15,19-20,24,26H,2-3,7-8,11,16-18H2,1H3,(H,33,39)(H,40,41)/t24-,26-/m0/s1. The number of carbonyl (C=O) groups is 2. The van der Waals surface area contributed by atoms with E-state index in [4.69, 9.17) is 16.6 Å². The Bertz CT molecular complexity index is 1580. The fraction of sp³-hybridized carbons (Fsp3) is 0.355. The minimum atomic E-state index is -1.09. The Labute approximate surface area is 243 Å². The molecular weight excluding hydrogens is 542 g/mol. The molecule has 0 radical (unpaired) electrons. The number of hydrogen-bond acceptors (Lipinski definition) is 5. The second kappa shape index (κ2) is 12.6. The average Bonchev–Trinajstić information content (AvgIpc) is 3.63. The molecule has 3 heterocycles. The quantitative estimate of drug-likeness (QED) is 0.249. The van der Waals surface area contributed by atoms with Gasteiger partial charge >= 0.3 is 5.97 Å². The van der Waals surface area contributed by atoms with Crippen molar-refractivity contribution in [2.75, 3.05) is 11.4 Å². The van der Waals surface area contributed by atoms with Gasteiger partial charge in [0.05, 0.1) is 5.69 Å². The van der Waals surface area contributed by atoms with Gasteiger partial charge in [-0.3, -0.25) is 18.6 Å². The van der Waals surface area contributed by atoms with E-state index in [1.165, 1.54) is 0 Å². The lowest BCUT2D eigenvalue weighted by molar-refractivity contribution is -0.141. The van der Waals surface area contributed by atoms with Gasteiger partial charge in [-0.25, -0.2) is 9.78 Å². The minimum absolute atomic E-state index is 0.184. The van der Waals surface area contributed by atoms with E-state index in [2.05, 4.69) is 12.2 Å². The molecule has 1 aliphatic heterocycles. The third kappa shape index (κ3) is 6.30. The molecule has 4 aromatic rings. The van der Waals surface area contributed by atoms with Gasteiger partial charge < -0.3 is 15.3 Å². The van der Waals surface area contributed by atoms with Crippen molar-refractivity contribution in [3.8, 4) is 11.3 Å². The number of carboxylic acid groups (broad SMARTS) is 1. The number of anilines is 1. The molecule has 2 aromatic carbocycles. The third-order valence-electron chi connectivity index (χ3n) is 7.57. The van der Waals surface area contributed by atoms with Crippen LogP contribution in [0.3, 0.4) is 0 Å². The van der Waals surface area contributed by atoms with E-state index in [9.17, 15) is 19.5 Å². The Morgan fingerprint density at radius 3 is 2.59 bits per heavy atom. The van der Waals surface area contributed by atoms with Crippen LogP contribution in [0.25, 0.3) is 17.0 Å². The van der Waals surface area contributed by atoms with E-state index in [1.807, 2.05) is 51.9 Å². The molecule has 1 saturated heterocycles. The Morgan fingerprint density at radius 2 is 1.88 bits per heavy atom. The highest BCUT2D eigenvalue weighted by Crippen LogP contribution is 2.28. The summed E-state index contributed by atoms with van der Waals surface area (Å²) in [7, 11) is 0. The number of nitrogens with zero attached hydrogens (tertiary/aromatic N) is 4. The molecule has 0 aliphatic carbocycles. The van der Waals surface area contributed by atoms with Crippen molar-refractivity contribution < 1.29 is 14.7 Å². The fourth-order valence-corrected chi connectivity index (χ4v) is 5.57. The highest BCUT2D eigenvalue weighted by atomic mass is 35.5. The molecule has 1 fully saturated rings. The van der Waals surface area contributed by atoms with Crippen LogP contribution >= 0.6 is 11.6 Å². The summed E-state index contributed by atoms with van der Waals surface area (Å²) in [5, 5.41) is 13.2. The number of carbonyl (C=O) groups excluding carboxylic acids is 1. The van der Waals surface area contributed by atoms with Crippen molar-refractivity contribution >= 4 is 35.1 Å². The summed E-state index contributed by atoms with van der Waals surface area (Å²) in [5.41, 5.74) is 2.08. The minimum Gasteiger partial charge on any atom is -0.480 e. The summed E-state index contributed by atoms with van der Waals surface area (Å²) in [6.07, 6.45) is 6.14. The van der Waals surface area contributed by atoms with Crippen LogP contribution in [-0.4, -0.2) is 49.6 Å². The molecule has 2 aromatic heterocycles. The van der Waals surface area contributed by atoms with E-state index < -0.39 is 18.1 Å². The number of carboxylic acids is 1. The normalized spacial score (nSPS) is 15.8. The lowest BCUT2D eigenvalue weighted by Gasteiger charge is -2.29. The Balaban J connectivity index is 1.48. The number of nitrogens with one attached hydrogen (secondary N) is 1. The molecule has 5 rings (SSSR count). The van der Waals surface area contributed by atoms with Gasteiger partial charge in [0, 0.05) is 42.4 Å². The molecule has 2 atom stereocenters. The summed E-state index contributed by atoms with van der Waals surface area (Å²) in [6.45, 7) is 3.33. The van der Waals surface area contributed by atoms with Gasteiger partial charge in [-0.15, -0.1) is 0 Å². The van der Waals surface area contributed by atoms with E-state index >= 15 is 0 Å². The number of benzene rings is 2. The molecule has 9 nitrogen and oxygen atoms in total. The lowest BCUT2D eigenvalue weighted by Crippen LogP contribution is -2.51. The smallest absolute Gasteiger partial charge is 0.326 e. The zero-order valence-electron chi connectivity index (χ0n) is 23.0. The number of hydrogen-bond donors (Lipinski definition) is 2. The molecule has 0 bridgehead atoms. The summed E-state index contributed by atoms with van der Waals surface area (Å²) in [6, 6.07) is 16.5. The number of aliphatic carboxylic acids is 1. The van der Waals surface area contributed by atoms with E-state index in [0.29, 0.717) is 41.8 Å². The van der Waals surface area contributed by atoms with Gasteiger partial charge in [0.25, 0.3) is 5.56 Å². The molecule has 0 unspecified atom stereocenters. The van der Waals surface area contributed by atoms with Crippen molar-refractivity contribution in [1.82, 2.24) is 19.3 Å². The molecule has 0 saturated carbocycles. The van der Waals surface area contributed by atoms with E-state index in [1.54, 1.807) is 28.8 Å². The van der Waals surface area contributed by atoms with Crippen LogP contribution in [0, 0.1) is 0 Å². The molecular formula is C31H34ClN5O4. The second-order valence-corrected chi connectivity index (χ2v) is 10.9. The first kappa shape index (κ1) is 28.4. The van der Waals surface area contributed by atoms with Crippen molar-refractivity contribution in [2.24, 2.45) is 0 Å². The van der Waals surface area contributed by atoms with Gasteiger partial charge in [0.15, 0.2) is 0 Å². The maximum absolute atomic E-state index is 13.5. The van der Waals surface area contributed by atoms with Gasteiger partial charge in [0.1, 0.15) is 17.9 Å². The van der Waals surface area contributed by atoms with Crippen LogP contribution in [0.1, 0.15) is 44.6 Å². The van der Waals surface area contributed by atoms with Crippen LogP contribution in [0.2, 0.25) is 5.02 Å². The van der Waals surface area contributed by atoms with Gasteiger partial charge in [-0.2, -0.15) is 0 Å². The predicted octanol–water partition coefficient (Wildman–Crippen LogP) is 4.79. The van der Waals surface area contributed by atoms with Crippen LogP contribution in [0.4, 0.5) is 5.82 Å². The SMILES string of the molecule is CCCCCn1c(N2CCC[C@H]2C(=O)N[C@@H](Cc2ccccc2)C(=O)O)cc(=O)n2cc(-c3ccc(Cl)cc3)nc12. The van der Waals surface area contributed by atoms with Gasteiger partial charge in [0.2, 0.25) is 11.7 Å². The monoisotopic (exact) mass is 575 g/mol. The Kier molecular flexibility index (Phi) is 8.73. The van der Waals surface area contributed by atoms with E-state index in [0.717, 1.165) is 36.8 Å². The number of amides is 1. The number of halogens is 1. The molecule has 0 spiro atoms. The number of aromatic nitrogens is 3. The van der Waals surface area contributed by atoms with Crippen LogP contribution in [-0.2, 0) is 22.6 Å². The fourth-order valence-electron chi connectivity index (χ4n) is 5.45. The number of rotatable bonds is 11. The van der Waals surface area contributed by atoms with Gasteiger partial charge in [-0.1, -0.05) is 73.8 Å². The first-order valence-electron chi connectivity index (χ1n) is 14.1. The largest absolute Gasteiger partial charge is 0.480 e. The Morgan fingerprint density at radius 1 is 1.12 bits per heavy atom. The average molecular weight is 576 g/mol. The van der Waals surface area contributed by atoms with Crippen LogP contribution in [0.15, 0.2) is 71.7 Å². The van der Waals surface area contributed by atoms with Gasteiger partial charge in [-0.05, 0) is 37.0 Å². The maximum Gasteiger partial charge on any atom is 0.326 e. The number of fused-ring (bicyclic) bond motifs is 1. The van der Waals surface area contributed by atoms with Crippen molar-refractivity contribution in [2.45, 2.75) is 64.1 Å². The highest BCUT2D eigenvalue weighted by molar-refractivity contribution is 6.30. The van der Waals surface area contributed by atoms with Crippen LogP contribution in [0.5, 0.6) is 0 Å². The van der Waals surface area contributed by atoms with Crippen molar-refractivity contribution in [1.29, 1.82) is 0 Å². The second-order valence-electron chi connectivity index (χ2n) is 10.4. The number of unbranched alkanes of at least 4 members (excludes halogenated alkanes) is 2. The molecule has 41 heavy (non-hydrogen) atoms. The lowest BCUT2D eigenvalue weighted by atomic mass is 10.1. The summed E-state index contributed by atoms with van der Waals surface area (Å²) < 4.78 is 3.56. The van der Waals surface area contributed by atoms with E-state index in [-0.39, 0.29) is 17.9 Å². The molecule has 10 heteroatoms. The number of imidazole rings is 1. The molecule has 1 aliphatic rings. The maximum atomic E-state index is 13.5. The van der Waals surface area contributed by atoms with Crippen LogP contribution < -0.4 is 15.8 Å². The zero-order valence-corrected chi connectivity index (χ0v) is 23.8. The summed E-state index contributed by atoms with van der Waals surface area (Å²) >= 11 is 6.07. The topological polar surface area (TPSA) is 109 Å². The third-order valence-corrected chi connectivity index (χ3v) is 7.82. The predicted molar refractivity (Wildman–Crippen MR) is 160 cm³/mol. The first-order chi connectivity index (χ1) is 19.9. The molecule has 2 N–H and O–H groups in total. The first-order valence-corrected chi connectivity index (χ1v) is 14.5. The molecule has 1 amide bonds.